The molecule has 112 valence electrons. The summed E-state index contributed by atoms with van der Waals surface area (Å²) in [4.78, 5) is 11.0. The zero-order valence-corrected chi connectivity index (χ0v) is 10.8. The standard InChI is InChI=1S/C12H6ClF3O5/c13-8-4-1-5(11(17)18)10(12(14,15)16)21-6(4)2-7-9(8)20-3-19-7/h1-2,10H,3H2,(H,17,18). The van der Waals surface area contributed by atoms with Gasteiger partial charge in [0.25, 0.3) is 0 Å². The molecule has 2 aliphatic rings. The zero-order valence-electron chi connectivity index (χ0n) is 10.0. The number of halogens is 4. The minimum absolute atomic E-state index is 0.0128. The van der Waals surface area contributed by atoms with Crippen molar-refractivity contribution in [3.05, 3.63) is 22.2 Å². The maximum Gasteiger partial charge on any atom is 0.430 e. The Kier molecular flexibility index (Phi) is 2.94. The zero-order chi connectivity index (χ0) is 15.4. The normalized spacial score (nSPS) is 19.6. The van der Waals surface area contributed by atoms with Crippen molar-refractivity contribution in [3.8, 4) is 17.2 Å². The van der Waals surface area contributed by atoms with Crippen LogP contribution in [0, 0.1) is 0 Å². The van der Waals surface area contributed by atoms with E-state index in [0.717, 1.165) is 6.08 Å². The third-order valence-electron chi connectivity index (χ3n) is 2.98. The number of aliphatic carboxylic acids is 1. The van der Waals surface area contributed by atoms with Gasteiger partial charge >= 0.3 is 12.1 Å². The van der Waals surface area contributed by atoms with Crippen LogP contribution < -0.4 is 14.2 Å². The molecule has 0 aromatic heterocycles. The largest absolute Gasteiger partial charge is 0.478 e. The Morgan fingerprint density at radius 1 is 1.33 bits per heavy atom. The van der Waals surface area contributed by atoms with Crippen LogP contribution in [0.2, 0.25) is 5.02 Å². The highest BCUT2D eigenvalue weighted by Crippen LogP contribution is 2.49. The number of benzene rings is 1. The first-order chi connectivity index (χ1) is 9.79. The van der Waals surface area contributed by atoms with Crippen molar-refractivity contribution in [3.63, 3.8) is 0 Å². The molecule has 5 nitrogen and oxygen atoms in total. The molecule has 1 aromatic carbocycles. The van der Waals surface area contributed by atoms with E-state index in [0.29, 0.717) is 0 Å². The summed E-state index contributed by atoms with van der Waals surface area (Å²) in [7, 11) is 0. The predicted molar refractivity (Wildman–Crippen MR) is 63.7 cm³/mol. The first-order valence-electron chi connectivity index (χ1n) is 5.59. The van der Waals surface area contributed by atoms with Gasteiger partial charge in [-0.1, -0.05) is 11.6 Å². The number of carboxylic acid groups (broad SMARTS) is 1. The third kappa shape index (κ3) is 2.15. The molecule has 1 N–H and O–H groups in total. The van der Waals surface area contributed by atoms with E-state index >= 15 is 0 Å². The molecule has 1 atom stereocenters. The van der Waals surface area contributed by atoms with Crippen LogP contribution in [-0.2, 0) is 4.79 Å². The summed E-state index contributed by atoms with van der Waals surface area (Å²) >= 11 is 6.00. The van der Waals surface area contributed by atoms with Crippen LogP contribution in [0.25, 0.3) is 6.08 Å². The minimum atomic E-state index is -4.87. The van der Waals surface area contributed by atoms with Gasteiger partial charge in [-0.05, 0) is 6.08 Å². The van der Waals surface area contributed by atoms with E-state index in [4.69, 9.17) is 30.9 Å². The number of carboxylic acids is 1. The molecule has 0 amide bonds. The Balaban J connectivity index is 2.18. The molecule has 1 unspecified atom stereocenters. The Morgan fingerprint density at radius 3 is 2.67 bits per heavy atom. The van der Waals surface area contributed by atoms with Gasteiger partial charge in [0, 0.05) is 11.6 Å². The monoisotopic (exact) mass is 322 g/mol. The van der Waals surface area contributed by atoms with E-state index in [1.54, 1.807) is 0 Å². The SMILES string of the molecule is O=C(O)C1=Cc2c(cc3c(c2Cl)OCO3)OC1C(F)(F)F. The van der Waals surface area contributed by atoms with Gasteiger partial charge in [0.2, 0.25) is 12.9 Å². The predicted octanol–water partition coefficient (Wildman–Crippen LogP) is 2.86. The second kappa shape index (κ2) is 4.45. The fourth-order valence-corrected chi connectivity index (χ4v) is 2.36. The average molecular weight is 323 g/mol. The second-order valence-corrected chi connectivity index (χ2v) is 4.66. The van der Waals surface area contributed by atoms with Gasteiger partial charge in [-0.2, -0.15) is 13.2 Å². The van der Waals surface area contributed by atoms with E-state index < -0.39 is 23.8 Å². The molecule has 0 spiro atoms. The number of hydrogen-bond acceptors (Lipinski definition) is 4. The van der Waals surface area contributed by atoms with E-state index in [-0.39, 0.29) is 34.6 Å². The quantitative estimate of drug-likeness (QED) is 0.861. The fraction of sp³-hybridized carbons (Fsp3) is 0.250. The highest BCUT2D eigenvalue weighted by molar-refractivity contribution is 6.34. The molecule has 0 fully saturated rings. The highest BCUT2D eigenvalue weighted by Gasteiger charge is 2.49. The number of hydrogen-bond donors (Lipinski definition) is 1. The smallest absolute Gasteiger partial charge is 0.430 e. The summed E-state index contributed by atoms with van der Waals surface area (Å²) in [6, 6.07) is 1.19. The van der Waals surface area contributed by atoms with Gasteiger partial charge < -0.3 is 19.3 Å². The number of carbonyl (C=O) groups is 1. The molecule has 0 aliphatic carbocycles. The lowest BCUT2D eigenvalue weighted by Crippen LogP contribution is -2.40. The van der Waals surface area contributed by atoms with Crippen molar-refractivity contribution in [2.24, 2.45) is 0 Å². The molecule has 9 heteroatoms. The van der Waals surface area contributed by atoms with Crippen molar-refractivity contribution >= 4 is 23.6 Å². The molecule has 0 saturated carbocycles. The van der Waals surface area contributed by atoms with E-state index in [9.17, 15) is 18.0 Å². The Labute approximate surface area is 120 Å². The van der Waals surface area contributed by atoms with E-state index in [1.807, 2.05) is 0 Å². The van der Waals surface area contributed by atoms with Crippen LogP contribution in [0.15, 0.2) is 11.6 Å². The molecule has 1 aromatic rings. The van der Waals surface area contributed by atoms with Crippen LogP contribution >= 0.6 is 11.6 Å². The Bertz CT molecular complexity index is 668. The van der Waals surface area contributed by atoms with E-state index in [2.05, 4.69) is 0 Å². The van der Waals surface area contributed by atoms with Gasteiger partial charge in [-0.25, -0.2) is 4.79 Å². The summed E-state index contributed by atoms with van der Waals surface area (Å²) < 4.78 is 53.6. The second-order valence-electron chi connectivity index (χ2n) is 4.28. The lowest BCUT2D eigenvalue weighted by molar-refractivity contribution is -0.187. The molecule has 2 heterocycles. The Hall–Kier alpha value is -2.09. The first-order valence-corrected chi connectivity index (χ1v) is 5.97. The summed E-state index contributed by atoms with van der Waals surface area (Å²) in [5.74, 6) is -1.66. The molecule has 21 heavy (non-hydrogen) atoms. The van der Waals surface area contributed by atoms with Gasteiger partial charge in [0.15, 0.2) is 11.5 Å². The average Bonchev–Trinajstić information content (AvgIpc) is 2.85. The number of rotatable bonds is 1. The Morgan fingerprint density at radius 2 is 2.05 bits per heavy atom. The van der Waals surface area contributed by atoms with Crippen molar-refractivity contribution < 1.29 is 37.3 Å². The minimum Gasteiger partial charge on any atom is -0.478 e. The molecule has 3 rings (SSSR count). The van der Waals surface area contributed by atoms with Crippen LogP contribution in [0.4, 0.5) is 13.2 Å². The third-order valence-corrected chi connectivity index (χ3v) is 3.35. The lowest BCUT2D eigenvalue weighted by atomic mass is 10.0. The summed E-state index contributed by atoms with van der Waals surface area (Å²) in [6.45, 7) is -0.129. The maximum absolute atomic E-state index is 12.9. The first kappa shape index (κ1) is 13.9. The molecule has 0 bridgehead atoms. The van der Waals surface area contributed by atoms with E-state index in [1.165, 1.54) is 6.07 Å². The van der Waals surface area contributed by atoms with Gasteiger partial charge in [-0.15, -0.1) is 0 Å². The number of fused-ring (bicyclic) bond motifs is 2. The molecule has 0 radical (unpaired) electrons. The van der Waals surface area contributed by atoms with Crippen LogP contribution in [0.5, 0.6) is 17.2 Å². The van der Waals surface area contributed by atoms with Crippen molar-refractivity contribution in [2.75, 3.05) is 6.79 Å². The van der Waals surface area contributed by atoms with Crippen LogP contribution in [0.3, 0.4) is 0 Å². The van der Waals surface area contributed by atoms with Crippen molar-refractivity contribution in [1.82, 2.24) is 0 Å². The van der Waals surface area contributed by atoms with Crippen molar-refractivity contribution in [1.29, 1.82) is 0 Å². The molecular weight excluding hydrogens is 317 g/mol. The topological polar surface area (TPSA) is 65.0 Å². The van der Waals surface area contributed by atoms with Gasteiger partial charge in [-0.3, -0.25) is 0 Å². The number of alkyl halides is 3. The molecular formula is C12H6ClF3O5. The number of ether oxygens (including phenoxy) is 3. The lowest BCUT2D eigenvalue weighted by Gasteiger charge is -2.27. The van der Waals surface area contributed by atoms with Crippen LogP contribution in [-0.4, -0.2) is 30.1 Å². The summed E-state index contributed by atoms with van der Waals surface area (Å²) in [5.41, 5.74) is -0.936. The maximum atomic E-state index is 12.9. The van der Waals surface area contributed by atoms with Gasteiger partial charge in [0.05, 0.1) is 10.6 Å². The fourth-order valence-electron chi connectivity index (χ4n) is 2.07. The molecule has 2 aliphatic heterocycles. The van der Waals surface area contributed by atoms with Gasteiger partial charge in [0.1, 0.15) is 5.75 Å². The summed E-state index contributed by atoms with van der Waals surface area (Å²) in [6.07, 6.45) is -6.60. The summed E-state index contributed by atoms with van der Waals surface area (Å²) in [5, 5.41) is 8.88. The van der Waals surface area contributed by atoms with Crippen LogP contribution in [0.1, 0.15) is 5.56 Å². The van der Waals surface area contributed by atoms with Crippen molar-refractivity contribution in [2.45, 2.75) is 12.3 Å². The molecule has 0 saturated heterocycles. The highest BCUT2D eigenvalue weighted by atomic mass is 35.5.